The summed E-state index contributed by atoms with van der Waals surface area (Å²) in [6, 6.07) is -0.391. The smallest absolute Gasteiger partial charge is 0.278 e. The molecule has 0 aromatic heterocycles. The molecule has 0 aliphatic heterocycles. The lowest BCUT2D eigenvalue weighted by Crippen LogP contribution is -2.44. The highest BCUT2D eigenvalue weighted by Crippen LogP contribution is 1.84. The molecule has 58 valence electrons. The minimum atomic E-state index is -0.391. The van der Waals surface area contributed by atoms with Crippen LogP contribution in [0.4, 0.5) is 4.79 Å². The number of urea groups is 1. The molecule has 0 saturated carbocycles. The zero-order valence-corrected chi connectivity index (χ0v) is 6.29. The summed E-state index contributed by atoms with van der Waals surface area (Å²) in [7, 11) is 4.52. The summed E-state index contributed by atoms with van der Waals surface area (Å²) in [5.74, 6) is 0. The van der Waals surface area contributed by atoms with Crippen LogP contribution in [-0.4, -0.2) is 43.5 Å². The highest BCUT2D eigenvalue weighted by Gasteiger charge is 2.10. The summed E-state index contributed by atoms with van der Waals surface area (Å²) in [5.41, 5.74) is 2.56. The van der Waals surface area contributed by atoms with Gasteiger partial charge in [-0.25, -0.2) is 10.2 Å². The van der Waals surface area contributed by atoms with E-state index >= 15 is 0 Å². The molecule has 0 rings (SSSR count). The number of carbonyl (C=O) groups excluding carboxylic acids is 2. The first-order valence-corrected chi connectivity index (χ1v) is 2.76. The molecule has 0 spiro atoms. The first-order valence-electron chi connectivity index (χ1n) is 2.76. The molecule has 1 N–H and O–H groups in total. The maximum Gasteiger partial charge on any atom is 0.340 e. The van der Waals surface area contributed by atoms with E-state index in [-0.39, 0.29) is 0 Å². The second-order valence-electron chi connectivity index (χ2n) is 1.78. The van der Waals surface area contributed by atoms with Crippen molar-refractivity contribution in [2.45, 2.75) is 0 Å². The summed E-state index contributed by atoms with van der Waals surface area (Å²) in [6.45, 7) is 0. The van der Waals surface area contributed by atoms with E-state index in [1.807, 2.05) is 0 Å². The Hall–Kier alpha value is -1.10. The van der Waals surface area contributed by atoms with E-state index in [9.17, 15) is 9.59 Å². The van der Waals surface area contributed by atoms with Crippen LogP contribution < -0.4 is 5.43 Å². The average molecular weight is 145 g/mol. The van der Waals surface area contributed by atoms with Gasteiger partial charge < -0.3 is 0 Å². The lowest BCUT2D eigenvalue weighted by Gasteiger charge is -2.18. The van der Waals surface area contributed by atoms with Gasteiger partial charge in [0.25, 0.3) is 0 Å². The molecule has 0 atom stereocenters. The molecule has 0 unspecified atom stereocenters. The van der Waals surface area contributed by atoms with Crippen molar-refractivity contribution in [2.75, 3.05) is 21.1 Å². The molecule has 5 nitrogen and oxygen atoms in total. The number of hydrazine groups is 1. The zero-order valence-electron chi connectivity index (χ0n) is 6.29. The van der Waals surface area contributed by atoms with E-state index in [1.54, 1.807) is 7.05 Å². The van der Waals surface area contributed by atoms with E-state index < -0.39 is 6.03 Å². The van der Waals surface area contributed by atoms with Gasteiger partial charge in [0.1, 0.15) is 0 Å². The maximum absolute atomic E-state index is 10.9. The number of nitrogens with one attached hydrogen (secondary N) is 1. The zero-order chi connectivity index (χ0) is 8.15. The van der Waals surface area contributed by atoms with Gasteiger partial charge in [0.2, 0.25) is 6.41 Å². The van der Waals surface area contributed by atoms with Crippen molar-refractivity contribution in [1.82, 2.24) is 15.3 Å². The average Bonchev–Trinajstić information content (AvgIpc) is 2.00. The largest absolute Gasteiger partial charge is 0.340 e. The standard InChI is InChI=1S/C5H11N3O2/c1-6-8(3)5(10)7(2)4-9/h4,6H,1-3H3. The number of carbonyl (C=O) groups is 2. The number of amides is 3. The van der Waals surface area contributed by atoms with Crippen LogP contribution in [0.5, 0.6) is 0 Å². The summed E-state index contributed by atoms with van der Waals surface area (Å²) in [4.78, 5) is 21.8. The van der Waals surface area contributed by atoms with Crippen molar-refractivity contribution in [2.24, 2.45) is 0 Å². The van der Waals surface area contributed by atoms with Crippen LogP contribution in [0, 0.1) is 0 Å². The molecule has 0 heterocycles. The fraction of sp³-hybridized carbons (Fsp3) is 0.600. The van der Waals surface area contributed by atoms with Crippen LogP contribution in [0.3, 0.4) is 0 Å². The van der Waals surface area contributed by atoms with Gasteiger partial charge >= 0.3 is 6.03 Å². The van der Waals surface area contributed by atoms with Crippen LogP contribution in [0.2, 0.25) is 0 Å². The highest BCUT2D eigenvalue weighted by atomic mass is 16.2. The van der Waals surface area contributed by atoms with E-state index in [0.717, 1.165) is 4.90 Å². The maximum atomic E-state index is 10.9. The predicted molar refractivity (Wildman–Crippen MR) is 36.0 cm³/mol. The Morgan fingerprint density at radius 3 is 2.30 bits per heavy atom. The quantitative estimate of drug-likeness (QED) is 0.411. The summed E-state index contributed by atoms with van der Waals surface area (Å²) >= 11 is 0. The van der Waals surface area contributed by atoms with Gasteiger partial charge in [0.15, 0.2) is 0 Å². The third kappa shape index (κ3) is 2.02. The molecule has 10 heavy (non-hydrogen) atoms. The first kappa shape index (κ1) is 8.90. The number of hydrogen-bond acceptors (Lipinski definition) is 3. The van der Waals surface area contributed by atoms with Crippen molar-refractivity contribution < 1.29 is 9.59 Å². The van der Waals surface area contributed by atoms with Gasteiger partial charge in [-0.1, -0.05) is 0 Å². The van der Waals surface area contributed by atoms with Crippen LogP contribution in [-0.2, 0) is 4.79 Å². The lowest BCUT2D eigenvalue weighted by molar-refractivity contribution is -0.115. The highest BCUT2D eigenvalue weighted by molar-refractivity contribution is 5.83. The fourth-order valence-electron chi connectivity index (χ4n) is 0.377. The van der Waals surface area contributed by atoms with E-state index in [0.29, 0.717) is 6.41 Å². The minimum Gasteiger partial charge on any atom is -0.278 e. The third-order valence-electron chi connectivity index (χ3n) is 1.08. The Labute approximate surface area is 59.6 Å². The lowest BCUT2D eigenvalue weighted by atomic mass is 10.8. The first-order chi connectivity index (χ1) is 4.63. The predicted octanol–water partition coefficient (Wildman–Crippen LogP) is -0.739. The van der Waals surface area contributed by atoms with Crippen molar-refractivity contribution >= 4 is 12.4 Å². The van der Waals surface area contributed by atoms with Gasteiger partial charge in [0.05, 0.1) is 0 Å². The molecule has 0 aliphatic rings. The van der Waals surface area contributed by atoms with Crippen LogP contribution in [0.25, 0.3) is 0 Å². The van der Waals surface area contributed by atoms with Gasteiger partial charge in [-0.2, -0.15) is 0 Å². The van der Waals surface area contributed by atoms with E-state index in [4.69, 9.17) is 0 Å². The van der Waals surface area contributed by atoms with Gasteiger partial charge in [-0.15, -0.1) is 0 Å². The van der Waals surface area contributed by atoms with Crippen molar-refractivity contribution in [1.29, 1.82) is 0 Å². The molecule has 0 aliphatic carbocycles. The second-order valence-corrected chi connectivity index (χ2v) is 1.78. The molecule has 0 radical (unpaired) electrons. The van der Waals surface area contributed by atoms with E-state index in [2.05, 4.69) is 5.43 Å². The third-order valence-corrected chi connectivity index (χ3v) is 1.08. The minimum absolute atomic E-state index is 0.391. The Bertz CT molecular complexity index is 137. The molecule has 3 amide bonds. The molecule has 0 bridgehead atoms. The molecular formula is C5H11N3O2. The second kappa shape index (κ2) is 3.84. The monoisotopic (exact) mass is 145 g/mol. The van der Waals surface area contributed by atoms with Crippen LogP contribution >= 0.6 is 0 Å². The molecule has 5 heteroatoms. The van der Waals surface area contributed by atoms with Gasteiger partial charge in [-0.05, 0) is 0 Å². The van der Waals surface area contributed by atoms with Crippen LogP contribution in [0.15, 0.2) is 0 Å². The Balaban J connectivity index is 3.93. The Morgan fingerprint density at radius 2 is 2.00 bits per heavy atom. The summed E-state index contributed by atoms with van der Waals surface area (Å²) < 4.78 is 0. The number of rotatable bonds is 2. The van der Waals surface area contributed by atoms with Crippen molar-refractivity contribution in [3.8, 4) is 0 Å². The van der Waals surface area contributed by atoms with Crippen molar-refractivity contribution in [3.63, 3.8) is 0 Å². The Morgan fingerprint density at radius 1 is 1.50 bits per heavy atom. The van der Waals surface area contributed by atoms with Crippen molar-refractivity contribution in [3.05, 3.63) is 0 Å². The number of imide groups is 1. The van der Waals surface area contributed by atoms with Gasteiger partial charge in [-0.3, -0.25) is 14.7 Å². The SMILES string of the molecule is CNN(C)C(=O)N(C)C=O. The van der Waals surface area contributed by atoms with E-state index in [1.165, 1.54) is 19.1 Å². The van der Waals surface area contributed by atoms with Gasteiger partial charge in [0, 0.05) is 21.1 Å². The topological polar surface area (TPSA) is 52.7 Å². The number of nitrogens with zero attached hydrogens (tertiary/aromatic N) is 2. The summed E-state index contributed by atoms with van der Waals surface area (Å²) in [5, 5.41) is 1.20. The fourth-order valence-corrected chi connectivity index (χ4v) is 0.377. The number of hydrogen-bond donors (Lipinski definition) is 1. The molecule has 0 aromatic rings. The van der Waals surface area contributed by atoms with Crippen LogP contribution in [0.1, 0.15) is 0 Å². The Kier molecular flexibility index (Phi) is 3.42. The molecule has 0 aromatic carbocycles. The molecule has 0 saturated heterocycles. The normalized spacial score (nSPS) is 8.70. The molecular weight excluding hydrogens is 134 g/mol. The molecule has 0 fully saturated rings. The summed E-state index contributed by atoms with van der Waals surface area (Å²) in [6.07, 6.45) is 0.455.